The number of hydrogen-bond acceptors (Lipinski definition) is 5. The molecule has 5 heteroatoms. The van der Waals surface area contributed by atoms with Crippen molar-refractivity contribution in [2.75, 3.05) is 20.3 Å². The first-order valence-corrected chi connectivity index (χ1v) is 5.37. The first-order valence-electron chi connectivity index (χ1n) is 5.37. The molecule has 0 aliphatic carbocycles. The lowest BCUT2D eigenvalue weighted by Gasteiger charge is -2.18. The van der Waals surface area contributed by atoms with Gasteiger partial charge in [-0.1, -0.05) is 0 Å². The van der Waals surface area contributed by atoms with Gasteiger partial charge in [0.25, 0.3) is 0 Å². The van der Waals surface area contributed by atoms with E-state index in [1.807, 2.05) is 27.8 Å². The summed E-state index contributed by atoms with van der Waals surface area (Å²) >= 11 is 0. The largest absolute Gasteiger partial charge is 0.448 e. The fourth-order valence-corrected chi connectivity index (χ4v) is 1.09. The molecule has 0 unspecified atom stereocenters. The molecule has 1 heterocycles. The minimum absolute atomic E-state index is 0.142. The minimum atomic E-state index is -0.142. The SMILES string of the molecule is CNCc1coc(OCCOC(C)(C)C)n1. The van der Waals surface area contributed by atoms with Crippen molar-refractivity contribution in [1.29, 1.82) is 0 Å². The van der Waals surface area contributed by atoms with Gasteiger partial charge in [0.05, 0.1) is 17.9 Å². The average molecular weight is 228 g/mol. The molecule has 0 saturated heterocycles. The number of ether oxygens (including phenoxy) is 2. The molecule has 1 aromatic heterocycles. The van der Waals surface area contributed by atoms with E-state index in [0.717, 1.165) is 5.69 Å². The third kappa shape index (κ3) is 5.14. The lowest BCUT2D eigenvalue weighted by atomic mass is 10.2. The van der Waals surface area contributed by atoms with Gasteiger partial charge in [-0.3, -0.25) is 0 Å². The van der Waals surface area contributed by atoms with E-state index in [1.165, 1.54) is 0 Å². The monoisotopic (exact) mass is 228 g/mol. The quantitative estimate of drug-likeness (QED) is 0.749. The molecule has 0 bridgehead atoms. The number of aromatic nitrogens is 1. The van der Waals surface area contributed by atoms with Gasteiger partial charge in [0.2, 0.25) is 0 Å². The highest BCUT2D eigenvalue weighted by molar-refractivity contribution is 4.99. The van der Waals surface area contributed by atoms with Crippen LogP contribution in [0.4, 0.5) is 0 Å². The Morgan fingerprint density at radius 2 is 2.12 bits per heavy atom. The minimum Gasteiger partial charge on any atom is -0.448 e. The first kappa shape index (κ1) is 13.0. The van der Waals surface area contributed by atoms with E-state index >= 15 is 0 Å². The molecule has 0 aliphatic rings. The van der Waals surface area contributed by atoms with E-state index in [2.05, 4.69) is 10.3 Å². The second-order valence-electron chi connectivity index (χ2n) is 4.44. The summed E-state index contributed by atoms with van der Waals surface area (Å²) in [7, 11) is 1.85. The van der Waals surface area contributed by atoms with Crippen molar-refractivity contribution in [1.82, 2.24) is 10.3 Å². The van der Waals surface area contributed by atoms with Gasteiger partial charge in [-0.2, -0.15) is 4.98 Å². The highest BCUT2D eigenvalue weighted by Gasteiger charge is 2.10. The van der Waals surface area contributed by atoms with E-state index in [1.54, 1.807) is 6.26 Å². The standard InChI is InChI=1S/C11H20N2O3/c1-11(2,3)16-6-5-14-10-13-9(7-12-4)8-15-10/h8,12H,5-7H2,1-4H3. The normalized spacial score (nSPS) is 11.8. The molecular formula is C11H20N2O3. The van der Waals surface area contributed by atoms with E-state index < -0.39 is 0 Å². The molecule has 0 atom stereocenters. The van der Waals surface area contributed by atoms with Crippen LogP contribution in [0.15, 0.2) is 10.7 Å². The van der Waals surface area contributed by atoms with Crippen LogP contribution in [-0.2, 0) is 11.3 Å². The van der Waals surface area contributed by atoms with Crippen molar-refractivity contribution >= 4 is 0 Å². The molecule has 0 saturated carbocycles. The predicted octanol–water partition coefficient (Wildman–Crippen LogP) is 1.59. The highest BCUT2D eigenvalue weighted by atomic mass is 16.6. The summed E-state index contributed by atoms with van der Waals surface area (Å²) in [5.74, 6) is 0. The van der Waals surface area contributed by atoms with Gasteiger partial charge in [0.1, 0.15) is 12.9 Å². The van der Waals surface area contributed by atoms with Crippen LogP contribution in [0.5, 0.6) is 6.08 Å². The number of oxazole rings is 1. The second-order valence-corrected chi connectivity index (χ2v) is 4.44. The zero-order valence-electron chi connectivity index (χ0n) is 10.4. The molecule has 0 radical (unpaired) electrons. The lowest BCUT2D eigenvalue weighted by Crippen LogP contribution is -2.22. The zero-order valence-corrected chi connectivity index (χ0v) is 10.4. The number of hydrogen-bond donors (Lipinski definition) is 1. The molecule has 1 aromatic rings. The molecule has 0 spiro atoms. The Morgan fingerprint density at radius 1 is 1.38 bits per heavy atom. The van der Waals surface area contributed by atoms with Gasteiger partial charge < -0.3 is 19.2 Å². The van der Waals surface area contributed by atoms with Crippen LogP contribution in [0.2, 0.25) is 0 Å². The lowest BCUT2D eigenvalue weighted by molar-refractivity contribution is -0.0196. The van der Waals surface area contributed by atoms with Crippen LogP contribution in [0.3, 0.4) is 0 Å². The Labute approximate surface area is 96.1 Å². The number of nitrogens with zero attached hydrogens (tertiary/aromatic N) is 1. The number of nitrogens with one attached hydrogen (secondary N) is 1. The van der Waals surface area contributed by atoms with Gasteiger partial charge in [-0.05, 0) is 27.8 Å². The van der Waals surface area contributed by atoms with Crippen molar-refractivity contribution in [3.63, 3.8) is 0 Å². The fourth-order valence-electron chi connectivity index (χ4n) is 1.09. The summed E-state index contributed by atoms with van der Waals surface area (Å²) in [5, 5.41) is 2.98. The molecule has 0 aliphatic heterocycles. The topological polar surface area (TPSA) is 56.5 Å². The fraction of sp³-hybridized carbons (Fsp3) is 0.727. The van der Waals surface area contributed by atoms with Gasteiger partial charge in [-0.25, -0.2) is 0 Å². The summed E-state index contributed by atoms with van der Waals surface area (Å²) in [6.07, 6.45) is 1.87. The van der Waals surface area contributed by atoms with Gasteiger partial charge >= 0.3 is 6.08 Å². The van der Waals surface area contributed by atoms with Crippen molar-refractivity contribution in [2.24, 2.45) is 0 Å². The van der Waals surface area contributed by atoms with Crippen molar-refractivity contribution in [3.8, 4) is 6.08 Å². The van der Waals surface area contributed by atoms with E-state index in [-0.39, 0.29) is 5.60 Å². The van der Waals surface area contributed by atoms with E-state index in [9.17, 15) is 0 Å². The van der Waals surface area contributed by atoms with Crippen LogP contribution in [0.25, 0.3) is 0 Å². The van der Waals surface area contributed by atoms with Gasteiger partial charge in [-0.15, -0.1) is 0 Å². The Balaban J connectivity index is 2.21. The van der Waals surface area contributed by atoms with Crippen LogP contribution in [0.1, 0.15) is 26.5 Å². The Hall–Kier alpha value is -1.07. The van der Waals surface area contributed by atoms with Gasteiger partial charge in [0, 0.05) is 6.54 Å². The first-order chi connectivity index (χ1) is 7.51. The van der Waals surface area contributed by atoms with Crippen LogP contribution >= 0.6 is 0 Å². The molecule has 0 fully saturated rings. The Morgan fingerprint density at radius 3 is 2.75 bits per heavy atom. The zero-order chi connectivity index (χ0) is 12.0. The smallest absolute Gasteiger partial charge is 0.393 e. The predicted molar refractivity (Wildman–Crippen MR) is 60.5 cm³/mol. The maximum Gasteiger partial charge on any atom is 0.393 e. The van der Waals surface area contributed by atoms with Crippen LogP contribution in [-0.4, -0.2) is 30.8 Å². The summed E-state index contributed by atoms with van der Waals surface area (Å²) in [4.78, 5) is 4.13. The third-order valence-corrected chi connectivity index (χ3v) is 1.73. The van der Waals surface area contributed by atoms with Crippen molar-refractivity contribution in [3.05, 3.63) is 12.0 Å². The third-order valence-electron chi connectivity index (χ3n) is 1.73. The highest BCUT2D eigenvalue weighted by Crippen LogP contribution is 2.10. The Kier molecular flexibility index (Phi) is 4.76. The molecular weight excluding hydrogens is 208 g/mol. The van der Waals surface area contributed by atoms with Crippen molar-refractivity contribution < 1.29 is 13.9 Å². The molecule has 16 heavy (non-hydrogen) atoms. The summed E-state index contributed by atoms with van der Waals surface area (Å²) in [5.41, 5.74) is 0.686. The van der Waals surface area contributed by atoms with Crippen molar-refractivity contribution in [2.45, 2.75) is 32.9 Å². The van der Waals surface area contributed by atoms with E-state index in [0.29, 0.717) is 25.8 Å². The summed E-state index contributed by atoms with van der Waals surface area (Å²) in [6, 6.07) is 0. The molecule has 0 amide bonds. The molecule has 92 valence electrons. The molecule has 5 nitrogen and oxygen atoms in total. The summed E-state index contributed by atoms with van der Waals surface area (Å²) < 4.78 is 15.9. The Bertz CT molecular complexity index is 304. The molecule has 1 N–H and O–H groups in total. The van der Waals surface area contributed by atoms with Crippen LogP contribution in [0, 0.1) is 0 Å². The molecule has 1 rings (SSSR count). The average Bonchev–Trinajstić information content (AvgIpc) is 2.60. The summed E-state index contributed by atoms with van der Waals surface area (Å²) in [6.45, 7) is 7.64. The number of rotatable bonds is 6. The maximum atomic E-state index is 5.50. The molecule has 0 aromatic carbocycles. The van der Waals surface area contributed by atoms with Crippen LogP contribution < -0.4 is 10.1 Å². The van der Waals surface area contributed by atoms with Gasteiger partial charge in [0.15, 0.2) is 0 Å². The van der Waals surface area contributed by atoms with E-state index in [4.69, 9.17) is 13.9 Å². The maximum absolute atomic E-state index is 5.50. The second kappa shape index (κ2) is 5.86.